The number of piperazine rings is 1. The van der Waals surface area contributed by atoms with E-state index in [-0.39, 0.29) is 0 Å². The molecule has 3 fully saturated rings. The highest BCUT2D eigenvalue weighted by atomic mass is 16.5. The highest BCUT2D eigenvalue weighted by molar-refractivity contribution is 5.07. The molecule has 0 aromatic carbocycles. The average Bonchev–Trinajstić information content (AvgIpc) is 3.28. The molecule has 110 valence electrons. The number of hydrogen-bond acceptors (Lipinski definition) is 3. The van der Waals surface area contributed by atoms with Crippen LogP contribution in [-0.2, 0) is 4.74 Å². The lowest BCUT2D eigenvalue weighted by Gasteiger charge is -2.51. The predicted molar refractivity (Wildman–Crippen MR) is 78.3 cm³/mol. The molecule has 0 bridgehead atoms. The molecular formula is C16H30N2O. The molecule has 3 aliphatic rings. The molecule has 1 heterocycles. The van der Waals surface area contributed by atoms with Gasteiger partial charge < -0.3 is 10.1 Å². The molecule has 0 amide bonds. The number of nitrogens with zero attached hydrogens (tertiary/aromatic N) is 1. The second kappa shape index (κ2) is 5.34. The van der Waals surface area contributed by atoms with Crippen molar-refractivity contribution in [3.05, 3.63) is 0 Å². The number of ether oxygens (including phenoxy) is 1. The van der Waals surface area contributed by atoms with Gasteiger partial charge in [0, 0.05) is 44.4 Å². The molecule has 3 unspecified atom stereocenters. The fraction of sp³-hybridized carbons (Fsp3) is 1.00. The van der Waals surface area contributed by atoms with Crippen molar-refractivity contribution in [1.29, 1.82) is 0 Å². The number of rotatable bonds is 6. The first-order valence-corrected chi connectivity index (χ1v) is 8.14. The SMILES string of the molecule is COCCC(C)N1CC(C2CC2)NCC1(C)C1CC1. The van der Waals surface area contributed by atoms with Gasteiger partial charge in [-0.15, -0.1) is 0 Å². The summed E-state index contributed by atoms with van der Waals surface area (Å²) in [5, 5.41) is 3.86. The van der Waals surface area contributed by atoms with E-state index < -0.39 is 0 Å². The summed E-state index contributed by atoms with van der Waals surface area (Å²) in [6, 6.07) is 1.39. The molecule has 0 aromatic heterocycles. The summed E-state index contributed by atoms with van der Waals surface area (Å²) in [5.41, 5.74) is 0.387. The van der Waals surface area contributed by atoms with E-state index in [4.69, 9.17) is 4.74 Å². The van der Waals surface area contributed by atoms with E-state index in [1.807, 2.05) is 7.11 Å². The first kappa shape index (κ1) is 13.8. The third kappa shape index (κ3) is 2.84. The smallest absolute Gasteiger partial charge is 0.0477 e. The lowest BCUT2D eigenvalue weighted by atomic mass is 9.87. The van der Waals surface area contributed by atoms with Crippen LogP contribution in [0.15, 0.2) is 0 Å². The molecule has 0 spiro atoms. The van der Waals surface area contributed by atoms with Gasteiger partial charge >= 0.3 is 0 Å². The van der Waals surface area contributed by atoms with Gasteiger partial charge in [0.25, 0.3) is 0 Å². The second-order valence-corrected chi connectivity index (χ2v) is 7.24. The zero-order valence-electron chi connectivity index (χ0n) is 12.8. The molecule has 3 nitrogen and oxygen atoms in total. The molecular weight excluding hydrogens is 236 g/mol. The summed E-state index contributed by atoms with van der Waals surface area (Å²) >= 11 is 0. The topological polar surface area (TPSA) is 24.5 Å². The van der Waals surface area contributed by atoms with Crippen LogP contribution in [0.5, 0.6) is 0 Å². The highest BCUT2D eigenvalue weighted by Gasteiger charge is 2.51. The standard InChI is InChI=1S/C16H30N2O/c1-12(8-9-19-3)18-10-15(13-4-5-13)17-11-16(18,2)14-6-7-14/h12-15,17H,4-11H2,1-3H3. The zero-order valence-corrected chi connectivity index (χ0v) is 12.8. The Bertz CT molecular complexity index is 314. The van der Waals surface area contributed by atoms with Crippen LogP contribution in [0.4, 0.5) is 0 Å². The maximum Gasteiger partial charge on any atom is 0.0477 e. The minimum absolute atomic E-state index is 0.387. The minimum atomic E-state index is 0.387. The van der Waals surface area contributed by atoms with Crippen LogP contribution in [0.2, 0.25) is 0 Å². The van der Waals surface area contributed by atoms with Gasteiger partial charge in [-0.05, 0) is 57.8 Å². The van der Waals surface area contributed by atoms with Crippen molar-refractivity contribution < 1.29 is 4.74 Å². The molecule has 0 radical (unpaired) electrons. The summed E-state index contributed by atoms with van der Waals surface area (Å²) < 4.78 is 5.29. The number of hydrogen-bond donors (Lipinski definition) is 1. The van der Waals surface area contributed by atoms with Crippen LogP contribution in [-0.4, -0.2) is 49.3 Å². The van der Waals surface area contributed by atoms with Crippen molar-refractivity contribution in [2.24, 2.45) is 11.8 Å². The first-order chi connectivity index (χ1) is 9.15. The monoisotopic (exact) mass is 266 g/mol. The van der Waals surface area contributed by atoms with E-state index in [0.717, 1.165) is 30.9 Å². The Balaban J connectivity index is 1.68. The Morgan fingerprint density at radius 3 is 2.63 bits per heavy atom. The van der Waals surface area contributed by atoms with E-state index >= 15 is 0 Å². The van der Waals surface area contributed by atoms with Gasteiger partial charge in [0.1, 0.15) is 0 Å². The fourth-order valence-corrected chi connectivity index (χ4v) is 3.95. The maximum atomic E-state index is 5.29. The Morgan fingerprint density at radius 1 is 1.32 bits per heavy atom. The molecule has 1 saturated heterocycles. The molecule has 2 saturated carbocycles. The van der Waals surface area contributed by atoms with E-state index in [1.165, 1.54) is 38.8 Å². The Morgan fingerprint density at radius 2 is 2.05 bits per heavy atom. The first-order valence-electron chi connectivity index (χ1n) is 8.14. The third-order valence-corrected chi connectivity index (χ3v) is 5.69. The van der Waals surface area contributed by atoms with Gasteiger partial charge in [0.15, 0.2) is 0 Å². The second-order valence-electron chi connectivity index (χ2n) is 7.24. The van der Waals surface area contributed by atoms with Crippen LogP contribution < -0.4 is 5.32 Å². The summed E-state index contributed by atoms with van der Waals surface area (Å²) in [7, 11) is 1.82. The molecule has 1 N–H and O–H groups in total. The maximum absolute atomic E-state index is 5.29. The lowest BCUT2D eigenvalue weighted by Crippen LogP contribution is -2.67. The zero-order chi connectivity index (χ0) is 13.5. The summed E-state index contributed by atoms with van der Waals surface area (Å²) in [6.45, 7) is 8.22. The van der Waals surface area contributed by atoms with Crippen LogP contribution in [0.25, 0.3) is 0 Å². The van der Waals surface area contributed by atoms with Gasteiger partial charge in [0.05, 0.1) is 0 Å². The van der Waals surface area contributed by atoms with Crippen molar-refractivity contribution in [3.63, 3.8) is 0 Å². The molecule has 3 rings (SSSR count). The van der Waals surface area contributed by atoms with Gasteiger partial charge in [-0.3, -0.25) is 4.90 Å². The van der Waals surface area contributed by atoms with Crippen LogP contribution in [0.1, 0.15) is 46.0 Å². The van der Waals surface area contributed by atoms with Crippen molar-refractivity contribution in [1.82, 2.24) is 10.2 Å². The van der Waals surface area contributed by atoms with Crippen LogP contribution >= 0.6 is 0 Å². The Kier molecular flexibility index (Phi) is 3.89. The van der Waals surface area contributed by atoms with Gasteiger partial charge in [0.2, 0.25) is 0 Å². The van der Waals surface area contributed by atoms with Gasteiger partial charge in [-0.25, -0.2) is 0 Å². The van der Waals surface area contributed by atoms with Crippen LogP contribution in [0.3, 0.4) is 0 Å². The van der Waals surface area contributed by atoms with Crippen LogP contribution in [0, 0.1) is 11.8 Å². The third-order valence-electron chi connectivity index (χ3n) is 5.69. The van der Waals surface area contributed by atoms with Crippen molar-refractivity contribution in [2.45, 2.75) is 63.6 Å². The summed E-state index contributed by atoms with van der Waals surface area (Å²) in [4.78, 5) is 2.82. The van der Waals surface area contributed by atoms with E-state index in [9.17, 15) is 0 Å². The molecule has 2 aliphatic carbocycles. The van der Waals surface area contributed by atoms with Gasteiger partial charge in [-0.1, -0.05) is 0 Å². The average molecular weight is 266 g/mol. The van der Waals surface area contributed by atoms with Gasteiger partial charge in [-0.2, -0.15) is 0 Å². The Labute approximate surface area is 118 Å². The summed E-state index contributed by atoms with van der Waals surface area (Å²) in [5.74, 6) is 1.88. The van der Waals surface area contributed by atoms with E-state index in [1.54, 1.807) is 0 Å². The van der Waals surface area contributed by atoms with Crippen molar-refractivity contribution >= 4 is 0 Å². The Hall–Kier alpha value is -0.120. The quantitative estimate of drug-likeness (QED) is 0.798. The van der Waals surface area contributed by atoms with Crippen molar-refractivity contribution in [3.8, 4) is 0 Å². The molecule has 19 heavy (non-hydrogen) atoms. The molecule has 3 heteroatoms. The van der Waals surface area contributed by atoms with E-state index in [0.29, 0.717) is 11.6 Å². The lowest BCUT2D eigenvalue weighted by molar-refractivity contribution is -0.00912. The number of nitrogens with one attached hydrogen (secondary N) is 1. The van der Waals surface area contributed by atoms with E-state index in [2.05, 4.69) is 24.1 Å². The highest BCUT2D eigenvalue weighted by Crippen LogP contribution is 2.46. The number of methoxy groups -OCH3 is 1. The van der Waals surface area contributed by atoms with Crippen molar-refractivity contribution in [2.75, 3.05) is 26.8 Å². The normalized spacial score (nSPS) is 38.4. The molecule has 0 aromatic rings. The largest absolute Gasteiger partial charge is 0.385 e. The molecule has 1 aliphatic heterocycles. The summed E-state index contributed by atoms with van der Waals surface area (Å²) in [6.07, 6.45) is 6.91. The molecule has 3 atom stereocenters. The fourth-order valence-electron chi connectivity index (χ4n) is 3.95. The predicted octanol–water partition coefficient (Wildman–Crippen LogP) is 2.26. The minimum Gasteiger partial charge on any atom is -0.385 e.